The van der Waals surface area contributed by atoms with Crippen molar-refractivity contribution in [2.45, 2.75) is 24.8 Å². The number of hydrogen-bond acceptors (Lipinski definition) is 4. The Morgan fingerprint density at radius 2 is 1.87 bits per heavy atom. The van der Waals surface area contributed by atoms with E-state index in [0.717, 1.165) is 12.8 Å². The van der Waals surface area contributed by atoms with Gasteiger partial charge in [0.1, 0.15) is 0 Å². The summed E-state index contributed by atoms with van der Waals surface area (Å²) in [5.41, 5.74) is 9.60. The van der Waals surface area contributed by atoms with E-state index < -0.39 is 5.97 Å². The van der Waals surface area contributed by atoms with E-state index >= 15 is 0 Å². The molecule has 2 atom stereocenters. The van der Waals surface area contributed by atoms with Crippen molar-refractivity contribution in [3.63, 3.8) is 0 Å². The minimum Gasteiger partial charge on any atom is -0.478 e. The van der Waals surface area contributed by atoms with E-state index in [9.17, 15) is 4.79 Å². The quantitative estimate of drug-likeness (QED) is 0.330. The molecule has 31 heavy (non-hydrogen) atoms. The number of carbonyl (C=O) groups is 1. The molecule has 0 bridgehead atoms. The highest BCUT2D eigenvalue weighted by atomic mass is 35.5. The maximum atomic E-state index is 11.0. The first kappa shape index (κ1) is 21.1. The smallest absolute Gasteiger partial charge is 0.337 e. The molecule has 1 aromatic heterocycles. The van der Waals surface area contributed by atoms with Gasteiger partial charge in [-0.1, -0.05) is 66.2 Å². The number of hydrazine groups is 1. The minimum absolute atomic E-state index is 0.00645. The number of thiocarbonyl (C=S) groups is 1. The van der Waals surface area contributed by atoms with Crippen molar-refractivity contribution in [1.82, 2.24) is 15.7 Å². The summed E-state index contributed by atoms with van der Waals surface area (Å²) in [4.78, 5) is 15.1. The number of nitrogens with zero attached hydrogens (tertiary/aromatic N) is 1. The number of carboxylic acid groups (broad SMARTS) is 1. The average Bonchev–Trinajstić information content (AvgIpc) is 2.79. The molecule has 0 radical (unpaired) electrons. The number of anilines is 1. The first-order valence-electron chi connectivity index (χ1n) is 9.87. The lowest BCUT2D eigenvalue weighted by Gasteiger charge is -2.35. The Labute approximate surface area is 190 Å². The molecule has 6 nitrogen and oxygen atoms in total. The topological polar surface area (TPSA) is 86.3 Å². The van der Waals surface area contributed by atoms with Gasteiger partial charge in [-0.3, -0.25) is 10.9 Å². The molecule has 4 rings (SSSR count). The molecule has 0 saturated heterocycles. The van der Waals surface area contributed by atoms with Crippen LogP contribution in [-0.4, -0.2) is 21.2 Å². The van der Waals surface area contributed by atoms with Crippen LogP contribution >= 0.6 is 23.8 Å². The molecule has 8 heteroatoms. The van der Waals surface area contributed by atoms with Crippen LogP contribution in [0.1, 0.15) is 45.4 Å². The van der Waals surface area contributed by atoms with Gasteiger partial charge in [0, 0.05) is 12.1 Å². The van der Waals surface area contributed by atoms with Crippen molar-refractivity contribution in [1.29, 1.82) is 0 Å². The maximum absolute atomic E-state index is 11.0. The Balaban J connectivity index is 1.50. The molecule has 0 saturated carbocycles. The Morgan fingerprint density at radius 1 is 1.13 bits per heavy atom. The van der Waals surface area contributed by atoms with E-state index in [4.69, 9.17) is 28.9 Å². The Hall–Kier alpha value is -3.16. The molecule has 2 aromatic carbocycles. The van der Waals surface area contributed by atoms with Gasteiger partial charge in [-0.2, -0.15) is 0 Å². The molecule has 3 aromatic rings. The normalized spacial score (nSPS) is 17.3. The molecule has 0 aliphatic heterocycles. The number of hydrogen-bond donors (Lipinski definition) is 4. The van der Waals surface area contributed by atoms with Gasteiger partial charge < -0.3 is 10.4 Å². The van der Waals surface area contributed by atoms with Gasteiger partial charge in [-0.05, 0) is 47.8 Å². The fourth-order valence-corrected chi connectivity index (χ4v) is 4.33. The molecule has 0 amide bonds. The molecule has 1 aliphatic carbocycles. The zero-order chi connectivity index (χ0) is 21.8. The highest BCUT2D eigenvalue weighted by Gasteiger charge is 2.31. The second-order valence-electron chi connectivity index (χ2n) is 7.32. The highest BCUT2D eigenvalue weighted by molar-refractivity contribution is 7.80. The van der Waals surface area contributed by atoms with Crippen LogP contribution in [0.4, 0.5) is 5.82 Å². The van der Waals surface area contributed by atoms with Crippen molar-refractivity contribution in [2.75, 3.05) is 5.43 Å². The predicted octanol–water partition coefficient (Wildman–Crippen LogP) is 4.70. The summed E-state index contributed by atoms with van der Waals surface area (Å²) in [7, 11) is 0. The summed E-state index contributed by atoms with van der Waals surface area (Å²) in [6.07, 6.45) is 3.26. The van der Waals surface area contributed by atoms with Crippen LogP contribution in [0.15, 0.2) is 66.9 Å². The number of carboxylic acids is 1. The van der Waals surface area contributed by atoms with Gasteiger partial charge >= 0.3 is 5.97 Å². The average molecular weight is 453 g/mol. The lowest BCUT2D eigenvalue weighted by molar-refractivity contribution is 0.0696. The van der Waals surface area contributed by atoms with E-state index in [1.54, 1.807) is 0 Å². The molecule has 158 valence electrons. The molecule has 0 spiro atoms. The Bertz CT molecular complexity index is 1110. The van der Waals surface area contributed by atoms with Crippen LogP contribution < -0.4 is 16.2 Å². The molecule has 0 unspecified atom stereocenters. The van der Waals surface area contributed by atoms with Crippen LogP contribution in [-0.2, 0) is 6.42 Å². The zero-order valence-corrected chi connectivity index (χ0v) is 18.1. The molecule has 0 fully saturated rings. The van der Waals surface area contributed by atoms with Crippen molar-refractivity contribution in [3.8, 4) is 0 Å². The van der Waals surface area contributed by atoms with Crippen molar-refractivity contribution < 1.29 is 9.90 Å². The first-order chi connectivity index (χ1) is 15.0. The van der Waals surface area contributed by atoms with Gasteiger partial charge in [0.25, 0.3) is 0 Å². The molecule has 4 N–H and O–H groups in total. The first-order valence-corrected chi connectivity index (χ1v) is 10.7. The van der Waals surface area contributed by atoms with Crippen LogP contribution in [0.3, 0.4) is 0 Å². The third kappa shape index (κ3) is 4.78. The number of aromatic nitrogens is 1. The third-order valence-corrected chi connectivity index (χ3v) is 5.92. The summed E-state index contributed by atoms with van der Waals surface area (Å²) >= 11 is 11.7. The second kappa shape index (κ2) is 9.32. The van der Waals surface area contributed by atoms with Crippen LogP contribution in [0.2, 0.25) is 5.02 Å². The number of halogens is 1. The highest BCUT2D eigenvalue weighted by Crippen LogP contribution is 2.40. The summed E-state index contributed by atoms with van der Waals surface area (Å²) in [5.74, 6) is -0.527. The van der Waals surface area contributed by atoms with E-state index in [1.807, 2.05) is 12.1 Å². The predicted molar refractivity (Wildman–Crippen MR) is 125 cm³/mol. The number of pyridine rings is 1. The van der Waals surface area contributed by atoms with E-state index in [-0.39, 0.29) is 22.5 Å². The number of fused-ring (bicyclic) bond motifs is 1. The third-order valence-electron chi connectivity index (χ3n) is 5.41. The van der Waals surface area contributed by atoms with E-state index in [1.165, 1.54) is 29.0 Å². The number of benzene rings is 2. The number of nitrogens with one attached hydrogen (secondary N) is 3. The van der Waals surface area contributed by atoms with Crippen LogP contribution in [0.25, 0.3) is 0 Å². The Morgan fingerprint density at radius 3 is 2.61 bits per heavy atom. The summed E-state index contributed by atoms with van der Waals surface area (Å²) in [5, 5.41) is 13.0. The van der Waals surface area contributed by atoms with Crippen LogP contribution in [0.5, 0.6) is 0 Å². The van der Waals surface area contributed by atoms with Crippen molar-refractivity contribution in [3.05, 3.63) is 94.1 Å². The molecule has 1 heterocycles. The van der Waals surface area contributed by atoms with Gasteiger partial charge in [-0.25, -0.2) is 9.78 Å². The molecular formula is C23H21ClN4O2S. The van der Waals surface area contributed by atoms with Gasteiger partial charge in [0.2, 0.25) is 0 Å². The fraction of sp³-hybridized carbons (Fsp3) is 0.174. The SMILES string of the molecule is O=C(O)c1cnc(NNC(=S)N[C@H]2c3ccccc3CC[C@H]2c2ccccc2)c(Cl)c1. The fourth-order valence-electron chi connectivity index (χ4n) is 3.94. The molecular weight excluding hydrogens is 432 g/mol. The van der Waals surface area contributed by atoms with Gasteiger partial charge in [0.15, 0.2) is 10.9 Å². The second-order valence-corrected chi connectivity index (χ2v) is 8.13. The Kier molecular flexibility index (Phi) is 6.34. The lowest BCUT2D eigenvalue weighted by Crippen LogP contribution is -2.43. The molecule has 1 aliphatic rings. The number of aryl methyl sites for hydroxylation is 1. The number of rotatable bonds is 5. The summed E-state index contributed by atoms with van der Waals surface area (Å²) in [6.45, 7) is 0. The largest absolute Gasteiger partial charge is 0.478 e. The zero-order valence-electron chi connectivity index (χ0n) is 16.5. The van der Waals surface area contributed by atoms with E-state index in [0.29, 0.717) is 10.9 Å². The summed E-state index contributed by atoms with van der Waals surface area (Å²) < 4.78 is 0. The maximum Gasteiger partial charge on any atom is 0.337 e. The standard InChI is InChI=1S/C23H21ClN4O2S/c24-19-12-16(22(29)30)13-25-21(19)27-28-23(31)26-20-17-9-5-4-8-15(17)10-11-18(20)14-6-2-1-3-7-14/h1-9,12-13,18,20H,10-11H2,(H,25,27)(H,29,30)(H2,26,28,31)/t18-,20-/m0/s1. The van der Waals surface area contributed by atoms with Crippen LogP contribution in [0, 0.1) is 0 Å². The lowest BCUT2D eigenvalue weighted by atomic mass is 9.76. The summed E-state index contributed by atoms with van der Waals surface area (Å²) in [6, 6.07) is 20.2. The minimum atomic E-state index is -1.09. The monoisotopic (exact) mass is 452 g/mol. The van der Waals surface area contributed by atoms with Gasteiger partial charge in [0.05, 0.1) is 16.6 Å². The number of aromatic carboxylic acids is 1. The van der Waals surface area contributed by atoms with Gasteiger partial charge in [-0.15, -0.1) is 0 Å². The van der Waals surface area contributed by atoms with E-state index in [2.05, 4.69) is 63.6 Å². The van der Waals surface area contributed by atoms with Crippen molar-refractivity contribution in [2.24, 2.45) is 0 Å². The van der Waals surface area contributed by atoms with Crippen molar-refractivity contribution >= 4 is 40.7 Å².